The average molecular weight is 254 g/mol. The predicted molar refractivity (Wildman–Crippen MR) is 73.5 cm³/mol. The van der Waals surface area contributed by atoms with E-state index in [2.05, 4.69) is 10.1 Å². The SMILES string of the molecule is CCn1cnc2c(cnn2-c2ccccc2C)c1=O. The van der Waals surface area contributed by atoms with Crippen molar-refractivity contribution in [3.05, 3.63) is 52.7 Å². The molecule has 5 heteroatoms. The molecule has 2 aromatic heterocycles. The number of nitrogens with zero attached hydrogens (tertiary/aromatic N) is 4. The molecule has 0 aliphatic carbocycles. The van der Waals surface area contributed by atoms with Crippen LogP contribution >= 0.6 is 0 Å². The van der Waals surface area contributed by atoms with Crippen molar-refractivity contribution in [1.82, 2.24) is 19.3 Å². The van der Waals surface area contributed by atoms with E-state index in [1.54, 1.807) is 21.8 Å². The standard InChI is InChI=1S/C14H14N4O/c1-3-17-9-15-13-11(14(17)19)8-16-18(13)12-7-5-4-6-10(12)2/h4-9H,3H2,1-2H3. The lowest BCUT2D eigenvalue weighted by molar-refractivity contribution is 0.715. The Morgan fingerprint density at radius 3 is 2.79 bits per heavy atom. The third-order valence-electron chi connectivity index (χ3n) is 3.24. The van der Waals surface area contributed by atoms with Crippen LogP contribution in [0.5, 0.6) is 0 Å². The second-order valence-corrected chi connectivity index (χ2v) is 4.42. The number of aryl methyl sites for hydroxylation is 2. The third kappa shape index (κ3) is 1.74. The van der Waals surface area contributed by atoms with E-state index in [4.69, 9.17) is 0 Å². The second kappa shape index (κ2) is 4.35. The highest BCUT2D eigenvalue weighted by Gasteiger charge is 2.11. The van der Waals surface area contributed by atoms with Crippen LogP contribution in [0.4, 0.5) is 0 Å². The Kier molecular flexibility index (Phi) is 2.67. The van der Waals surface area contributed by atoms with Crippen LogP contribution in [0, 0.1) is 6.92 Å². The van der Waals surface area contributed by atoms with Gasteiger partial charge in [-0.2, -0.15) is 5.10 Å². The van der Waals surface area contributed by atoms with Crippen molar-refractivity contribution >= 4 is 11.0 Å². The summed E-state index contributed by atoms with van der Waals surface area (Å²) in [6.45, 7) is 4.54. The molecule has 0 atom stereocenters. The molecule has 1 aromatic carbocycles. The summed E-state index contributed by atoms with van der Waals surface area (Å²) in [6.07, 6.45) is 3.16. The van der Waals surface area contributed by atoms with Gasteiger partial charge in [-0.15, -0.1) is 0 Å². The van der Waals surface area contributed by atoms with Gasteiger partial charge in [-0.1, -0.05) is 18.2 Å². The van der Waals surface area contributed by atoms with Crippen molar-refractivity contribution in [1.29, 1.82) is 0 Å². The summed E-state index contributed by atoms with van der Waals surface area (Å²) in [5, 5.41) is 4.85. The van der Waals surface area contributed by atoms with Gasteiger partial charge in [0.05, 0.1) is 18.2 Å². The molecule has 5 nitrogen and oxygen atoms in total. The molecule has 3 rings (SSSR count). The fraction of sp³-hybridized carbons (Fsp3) is 0.214. The number of rotatable bonds is 2. The molecule has 19 heavy (non-hydrogen) atoms. The molecule has 0 fully saturated rings. The summed E-state index contributed by atoms with van der Waals surface area (Å²) in [5.74, 6) is 0. The zero-order valence-electron chi connectivity index (χ0n) is 10.9. The Labute approximate surface area is 110 Å². The average Bonchev–Trinajstić information content (AvgIpc) is 2.84. The van der Waals surface area contributed by atoms with E-state index in [-0.39, 0.29) is 5.56 Å². The molecule has 0 aliphatic heterocycles. The van der Waals surface area contributed by atoms with Crippen molar-refractivity contribution in [2.75, 3.05) is 0 Å². The summed E-state index contributed by atoms with van der Waals surface area (Å²) in [6, 6.07) is 7.90. The van der Waals surface area contributed by atoms with Gasteiger partial charge in [0.25, 0.3) is 5.56 Å². The molecule has 2 heterocycles. The van der Waals surface area contributed by atoms with Gasteiger partial charge in [0.15, 0.2) is 5.65 Å². The molecule has 0 aliphatic rings. The first-order chi connectivity index (χ1) is 9.22. The minimum Gasteiger partial charge on any atom is -0.299 e. The van der Waals surface area contributed by atoms with Gasteiger partial charge in [0, 0.05) is 6.54 Å². The number of hydrogen-bond acceptors (Lipinski definition) is 3. The number of aromatic nitrogens is 4. The zero-order valence-corrected chi connectivity index (χ0v) is 10.9. The van der Waals surface area contributed by atoms with Crippen LogP contribution in [-0.2, 0) is 6.54 Å². The maximum absolute atomic E-state index is 12.2. The Hall–Kier alpha value is -2.43. The minimum atomic E-state index is -0.0488. The lowest BCUT2D eigenvalue weighted by Gasteiger charge is -2.06. The Balaban J connectivity index is 2.31. The zero-order chi connectivity index (χ0) is 13.4. The quantitative estimate of drug-likeness (QED) is 0.702. The van der Waals surface area contributed by atoms with E-state index < -0.39 is 0 Å². The summed E-state index contributed by atoms with van der Waals surface area (Å²) in [7, 11) is 0. The number of hydrogen-bond donors (Lipinski definition) is 0. The summed E-state index contributed by atoms with van der Waals surface area (Å²) in [4.78, 5) is 16.5. The highest BCUT2D eigenvalue weighted by atomic mass is 16.1. The summed E-state index contributed by atoms with van der Waals surface area (Å²) < 4.78 is 3.29. The van der Waals surface area contributed by atoms with E-state index in [0.717, 1.165) is 11.3 Å². The van der Waals surface area contributed by atoms with Crippen molar-refractivity contribution in [2.24, 2.45) is 0 Å². The third-order valence-corrected chi connectivity index (χ3v) is 3.24. The van der Waals surface area contributed by atoms with Crippen LogP contribution < -0.4 is 5.56 Å². The van der Waals surface area contributed by atoms with E-state index in [1.807, 2.05) is 38.1 Å². The smallest absolute Gasteiger partial charge is 0.264 e. The topological polar surface area (TPSA) is 52.7 Å². The first-order valence-corrected chi connectivity index (χ1v) is 6.21. The highest BCUT2D eigenvalue weighted by Crippen LogP contribution is 2.16. The number of fused-ring (bicyclic) bond motifs is 1. The largest absolute Gasteiger partial charge is 0.299 e. The molecule has 0 unspecified atom stereocenters. The fourth-order valence-corrected chi connectivity index (χ4v) is 2.15. The van der Waals surface area contributed by atoms with Crippen LogP contribution in [0.25, 0.3) is 16.7 Å². The number of para-hydroxylation sites is 1. The van der Waals surface area contributed by atoms with Gasteiger partial charge in [-0.25, -0.2) is 9.67 Å². The van der Waals surface area contributed by atoms with Crippen molar-refractivity contribution < 1.29 is 0 Å². The van der Waals surface area contributed by atoms with Gasteiger partial charge < -0.3 is 0 Å². The van der Waals surface area contributed by atoms with E-state index in [9.17, 15) is 4.79 Å². The minimum absolute atomic E-state index is 0.0488. The monoisotopic (exact) mass is 254 g/mol. The molecule has 3 aromatic rings. The van der Waals surface area contributed by atoms with E-state index in [1.165, 1.54) is 0 Å². The second-order valence-electron chi connectivity index (χ2n) is 4.42. The van der Waals surface area contributed by atoms with E-state index >= 15 is 0 Å². The van der Waals surface area contributed by atoms with Crippen LogP contribution in [0.15, 0.2) is 41.6 Å². The molecule has 0 bridgehead atoms. The molecule has 0 saturated heterocycles. The van der Waals surface area contributed by atoms with Crippen molar-refractivity contribution in [2.45, 2.75) is 20.4 Å². The van der Waals surface area contributed by atoms with Gasteiger partial charge in [0.2, 0.25) is 0 Å². The number of benzene rings is 1. The van der Waals surface area contributed by atoms with Crippen molar-refractivity contribution in [3.8, 4) is 5.69 Å². The summed E-state index contributed by atoms with van der Waals surface area (Å²) in [5.41, 5.74) is 2.59. The summed E-state index contributed by atoms with van der Waals surface area (Å²) >= 11 is 0. The van der Waals surface area contributed by atoms with Gasteiger partial charge in [0.1, 0.15) is 5.39 Å². The van der Waals surface area contributed by atoms with Crippen LogP contribution in [0.1, 0.15) is 12.5 Å². The normalized spacial score (nSPS) is 11.1. The molecule has 0 radical (unpaired) electrons. The van der Waals surface area contributed by atoms with Crippen LogP contribution in [0.3, 0.4) is 0 Å². The predicted octanol–water partition coefficient (Wildman–Crippen LogP) is 1.91. The fourth-order valence-electron chi connectivity index (χ4n) is 2.15. The van der Waals surface area contributed by atoms with Crippen molar-refractivity contribution in [3.63, 3.8) is 0 Å². The Morgan fingerprint density at radius 2 is 2.05 bits per heavy atom. The molecule has 0 spiro atoms. The van der Waals surface area contributed by atoms with Crippen LogP contribution in [-0.4, -0.2) is 19.3 Å². The lowest BCUT2D eigenvalue weighted by atomic mass is 10.2. The van der Waals surface area contributed by atoms with Gasteiger partial charge in [-0.05, 0) is 25.5 Å². The Bertz CT molecular complexity index is 801. The maximum Gasteiger partial charge on any atom is 0.264 e. The molecule has 96 valence electrons. The Morgan fingerprint density at radius 1 is 1.26 bits per heavy atom. The van der Waals surface area contributed by atoms with Gasteiger partial charge >= 0.3 is 0 Å². The first kappa shape index (κ1) is 11.6. The molecular weight excluding hydrogens is 240 g/mol. The molecule has 0 saturated carbocycles. The molecule has 0 N–H and O–H groups in total. The van der Waals surface area contributed by atoms with E-state index in [0.29, 0.717) is 17.6 Å². The lowest BCUT2D eigenvalue weighted by Crippen LogP contribution is -2.19. The maximum atomic E-state index is 12.2. The van der Waals surface area contributed by atoms with Gasteiger partial charge in [-0.3, -0.25) is 9.36 Å². The highest BCUT2D eigenvalue weighted by molar-refractivity contribution is 5.75. The van der Waals surface area contributed by atoms with Crippen LogP contribution in [0.2, 0.25) is 0 Å². The first-order valence-electron chi connectivity index (χ1n) is 6.21. The molecule has 0 amide bonds. The molecular formula is C14H14N4O.